The molecule has 0 saturated carbocycles. The number of hydrogen-bond acceptors (Lipinski definition) is 3. The van der Waals surface area contributed by atoms with Gasteiger partial charge >= 0.3 is 5.97 Å². The van der Waals surface area contributed by atoms with Crippen molar-refractivity contribution in [2.24, 2.45) is 0 Å². The van der Waals surface area contributed by atoms with Crippen LogP contribution in [0.2, 0.25) is 10.0 Å². The van der Waals surface area contributed by atoms with Crippen LogP contribution < -0.4 is 5.32 Å². The number of aromatic nitrogens is 1. The summed E-state index contributed by atoms with van der Waals surface area (Å²) in [5, 5.41) is 3.17. The quantitative estimate of drug-likeness (QED) is 0.803. The fourth-order valence-corrected chi connectivity index (χ4v) is 2.99. The summed E-state index contributed by atoms with van der Waals surface area (Å²) < 4.78 is 7.09. The number of halogens is 2. The SMILES string of the molecule is CCn1c(C)cc(C(=O)OCC(=O)Nc2c(Cl)cccc2Cl)c1C. The minimum absolute atomic E-state index is 0.297. The van der Waals surface area contributed by atoms with Crippen LogP contribution >= 0.6 is 23.2 Å². The molecular weight excluding hydrogens is 351 g/mol. The summed E-state index contributed by atoms with van der Waals surface area (Å²) in [6.45, 7) is 6.10. The van der Waals surface area contributed by atoms with E-state index in [4.69, 9.17) is 27.9 Å². The number of nitrogens with zero attached hydrogens (tertiary/aromatic N) is 1. The highest BCUT2D eigenvalue weighted by Crippen LogP contribution is 2.29. The van der Waals surface area contributed by atoms with Crippen molar-refractivity contribution >= 4 is 40.8 Å². The molecule has 0 spiro atoms. The average molecular weight is 369 g/mol. The second-order valence-corrected chi connectivity index (χ2v) is 6.06. The maximum atomic E-state index is 12.2. The molecule has 0 radical (unpaired) electrons. The van der Waals surface area contributed by atoms with E-state index in [1.54, 1.807) is 24.3 Å². The molecule has 24 heavy (non-hydrogen) atoms. The minimum atomic E-state index is -0.539. The molecule has 0 aliphatic rings. The molecule has 7 heteroatoms. The molecular formula is C17H18Cl2N2O3. The van der Waals surface area contributed by atoms with Crippen LogP contribution in [0, 0.1) is 13.8 Å². The molecule has 1 aromatic carbocycles. The molecule has 1 aromatic heterocycles. The van der Waals surface area contributed by atoms with Gasteiger partial charge in [0.15, 0.2) is 6.61 Å². The first-order valence-electron chi connectivity index (χ1n) is 7.42. The zero-order valence-electron chi connectivity index (χ0n) is 13.7. The van der Waals surface area contributed by atoms with E-state index in [0.717, 1.165) is 17.9 Å². The summed E-state index contributed by atoms with van der Waals surface area (Å²) in [5.41, 5.74) is 2.53. The summed E-state index contributed by atoms with van der Waals surface area (Å²) in [5.74, 6) is -1.05. The second-order valence-electron chi connectivity index (χ2n) is 5.25. The third kappa shape index (κ3) is 3.91. The van der Waals surface area contributed by atoms with Crippen LogP contribution in [0.1, 0.15) is 28.7 Å². The van der Waals surface area contributed by atoms with Crippen molar-refractivity contribution in [3.05, 3.63) is 51.3 Å². The second kappa shape index (κ2) is 7.73. The molecule has 0 saturated heterocycles. The maximum absolute atomic E-state index is 12.2. The van der Waals surface area contributed by atoms with Gasteiger partial charge in [0.1, 0.15) is 0 Å². The summed E-state index contributed by atoms with van der Waals surface area (Å²) in [6.07, 6.45) is 0. The fraction of sp³-hybridized carbons (Fsp3) is 0.294. The Bertz CT molecular complexity index is 764. The van der Waals surface area contributed by atoms with E-state index in [0.29, 0.717) is 21.3 Å². The average Bonchev–Trinajstić information content (AvgIpc) is 2.83. The summed E-state index contributed by atoms with van der Waals surface area (Å²) in [6, 6.07) is 6.64. The van der Waals surface area contributed by atoms with Gasteiger partial charge in [-0.2, -0.15) is 0 Å². The number of anilines is 1. The van der Waals surface area contributed by atoms with Gasteiger partial charge in [-0.25, -0.2) is 4.79 Å². The first-order chi connectivity index (χ1) is 11.3. The third-order valence-corrected chi connectivity index (χ3v) is 4.30. The molecule has 0 fully saturated rings. The fourth-order valence-electron chi connectivity index (χ4n) is 2.50. The Morgan fingerprint density at radius 2 is 1.83 bits per heavy atom. The van der Waals surface area contributed by atoms with Gasteiger partial charge in [0.25, 0.3) is 5.91 Å². The van der Waals surface area contributed by atoms with Crippen LogP contribution in [-0.4, -0.2) is 23.1 Å². The lowest BCUT2D eigenvalue weighted by molar-refractivity contribution is -0.119. The van der Waals surface area contributed by atoms with Crippen LogP contribution in [0.25, 0.3) is 0 Å². The van der Waals surface area contributed by atoms with Gasteiger partial charge in [0.05, 0.1) is 21.3 Å². The zero-order valence-corrected chi connectivity index (χ0v) is 15.2. The lowest BCUT2D eigenvalue weighted by atomic mass is 10.2. The molecule has 0 atom stereocenters. The van der Waals surface area contributed by atoms with Gasteiger partial charge in [-0.05, 0) is 39.0 Å². The van der Waals surface area contributed by atoms with Gasteiger partial charge in [0, 0.05) is 17.9 Å². The summed E-state index contributed by atoms with van der Waals surface area (Å²) in [4.78, 5) is 24.1. The Labute approximate surface area is 150 Å². The molecule has 5 nitrogen and oxygen atoms in total. The Hall–Kier alpha value is -1.98. The van der Waals surface area contributed by atoms with Crippen molar-refractivity contribution in [1.82, 2.24) is 4.57 Å². The number of nitrogens with one attached hydrogen (secondary N) is 1. The smallest absolute Gasteiger partial charge is 0.340 e. The van der Waals surface area contributed by atoms with E-state index in [1.165, 1.54) is 0 Å². The van der Waals surface area contributed by atoms with Gasteiger partial charge in [-0.1, -0.05) is 29.3 Å². The highest BCUT2D eigenvalue weighted by atomic mass is 35.5. The van der Waals surface area contributed by atoms with Crippen LogP contribution in [0.5, 0.6) is 0 Å². The molecule has 0 unspecified atom stereocenters. The highest BCUT2D eigenvalue weighted by molar-refractivity contribution is 6.39. The Morgan fingerprint density at radius 1 is 1.21 bits per heavy atom. The molecule has 0 aliphatic heterocycles. The standard InChI is InChI=1S/C17H18Cl2N2O3/c1-4-21-10(2)8-12(11(21)3)17(23)24-9-15(22)20-16-13(18)6-5-7-14(16)19/h5-8H,4,9H2,1-3H3,(H,20,22). The van der Waals surface area contributed by atoms with Crippen molar-refractivity contribution in [2.75, 3.05) is 11.9 Å². The van der Waals surface area contributed by atoms with Gasteiger partial charge in [-0.3, -0.25) is 4.79 Å². The van der Waals surface area contributed by atoms with Crippen molar-refractivity contribution in [2.45, 2.75) is 27.3 Å². The number of rotatable bonds is 5. The molecule has 128 valence electrons. The van der Waals surface area contributed by atoms with Crippen molar-refractivity contribution < 1.29 is 14.3 Å². The molecule has 1 amide bonds. The summed E-state index contributed by atoms with van der Waals surface area (Å²) >= 11 is 12.0. The largest absolute Gasteiger partial charge is 0.452 e. The van der Waals surface area contributed by atoms with Crippen LogP contribution in [-0.2, 0) is 16.1 Å². The minimum Gasteiger partial charge on any atom is -0.452 e. The predicted molar refractivity (Wildman–Crippen MR) is 95.0 cm³/mol. The molecule has 0 aliphatic carbocycles. The molecule has 2 aromatic rings. The normalized spacial score (nSPS) is 10.5. The van der Waals surface area contributed by atoms with Crippen LogP contribution in [0.4, 0.5) is 5.69 Å². The number of carbonyl (C=O) groups is 2. The van der Waals surface area contributed by atoms with E-state index in [9.17, 15) is 9.59 Å². The maximum Gasteiger partial charge on any atom is 0.340 e. The van der Waals surface area contributed by atoms with E-state index in [-0.39, 0.29) is 0 Å². The number of ether oxygens (including phenoxy) is 1. The lowest BCUT2D eigenvalue weighted by Crippen LogP contribution is -2.21. The van der Waals surface area contributed by atoms with Gasteiger partial charge < -0.3 is 14.6 Å². The predicted octanol–water partition coefficient (Wildman–Crippen LogP) is 4.23. The number of para-hydroxylation sites is 1. The van der Waals surface area contributed by atoms with Crippen molar-refractivity contribution in [1.29, 1.82) is 0 Å². The number of carbonyl (C=O) groups excluding carboxylic acids is 2. The van der Waals surface area contributed by atoms with E-state index in [1.807, 2.05) is 25.3 Å². The first kappa shape index (κ1) is 18.4. The number of benzene rings is 1. The van der Waals surface area contributed by atoms with Gasteiger partial charge in [0.2, 0.25) is 0 Å². The molecule has 1 heterocycles. The molecule has 2 rings (SSSR count). The van der Waals surface area contributed by atoms with Gasteiger partial charge in [-0.15, -0.1) is 0 Å². The monoisotopic (exact) mass is 368 g/mol. The first-order valence-corrected chi connectivity index (χ1v) is 8.18. The Kier molecular flexibility index (Phi) is 5.91. The number of amides is 1. The van der Waals surface area contributed by atoms with Crippen molar-refractivity contribution in [3.63, 3.8) is 0 Å². The lowest BCUT2D eigenvalue weighted by Gasteiger charge is -2.10. The van der Waals surface area contributed by atoms with Crippen LogP contribution in [0.3, 0.4) is 0 Å². The van der Waals surface area contributed by atoms with E-state index >= 15 is 0 Å². The zero-order chi connectivity index (χ0) is 17.9. The number of aryl methyl sites for hydroxylation is 1. The third-order valence-electron chi connectivity index (χ3n) is 3.67. The highest BCUT2D eigenvalue weighted by Gasteiger charge is 2.18. The van der Waals surface area contributed by atoms with Crippen molar-refractivity contribution in [3.8, 4) is 0 Å². The van der Waals surface area contributed by atoms with E-state index in [2.05, 4.69) is 5.32 Å². The summed E-state index contributed by atoms with van der Waals surface area (Å²) in [7, 11) is 0. The van der Waals surface area contributed by atoms with E-state index < -0.39 is 18.5 Å². The number of hydrogen-bond donors (Lipinski definition) is 1. The van der Waals surface area contributed by atoms with Crippen LogP contribution in [0.15, 0.2) is 24.3 Å². The topological polar surface area (TPSA) is 60.3 Å². The Balaban J connectivity index is 2.00. The molecule has 0 bridgehead atoms. The Morgan fingerprint density at radius 3 is 2.38 bits per heavy atom. The molecule has 1 N–H and O–H groups in total. The number of esters is 1.